The first-order valence-corrected chi connectivity index (χ1v) is 7.49. The zero-order valence-corrected chi connectivity index (χ0v) is 13.9. The minimum absolute atomic E-state index is 0.0730. The van der Waals surface area contributed by atoms with Crippen LogP contribution in [0.5, 0.6) is 0 Å². The summed E-state index contributed by atoms with van der Waals surface area (Å²) in [5.74, 6) is -0.349. The molecule has 6 nitrogen and oxygen atoms in total. The number of hydrogen-bond donors (Lipinski definition) is 1. The van der Waals surface area contributed by atoms with Gasteiger partial charge in [0.2, 0.25) is 0 Å². The molecule has 0 saturated carbocycles. The topological polar surface area (TPSA) is 83.5 Å². The quantitative estimate of drug-likeness (QED) is 0.694. The van der Waals surface area contributed by atoms with E-state index in [0.29, 0.717) is 23.4 Å². The number of aromatic nitrogens is 1. The monoisotopic (exact) mass is 318 g/mol. The lowest BCUT2D eigenvalue weighted by atomic mass is 10.1. The Hall–Kier alpha value is -2.50. The molecule has 0 radical (unpaired) electrons. The summed E-state index contributed by atoms with van der Waals surface area (Å²) in [6.07, 6.45) is 1.18. The van der Waals surface area contributed by atoms with Gasteiger partial charge < -0.3 is 15.2 Å². The summed E-state index contributed by atoms with van der Waals surface area (Å²) in [4.78, 5) is 24.1. The number of nitrogens with two attached hydrogens (primary N) is 1. The summed E-state index contributed by atoms with van der Waals surface area (Å²) in [5, 5.41) is 0.740. The highest BCUT2D eigenvalue weighted by atomic mass is 16.6. The van der Waals surface area contributed by atoms with E-state index in [1.165, 1.54) is 4.57 Å². The number of rotatable bonds is 3. The summed E-state index contributed by atoms with van der Waals surface area (Å²) in [6.45, 7) is 7.46. The third-order valence-corrected chi connectivity index (χ3v) is 3.14. The van der Waals surface area contributed by atoms with Crippen LogP contribution in [0.2, 0.25) is 0 Å². The fraction of sp³-hybridized carbons (Fsp3) is 0.412. The van der Waals surface area contributed by atoms with Crippen LogP contribution in [-0.4, -0.2) is 28.8 Å². The van der Waals surface area contributed by atoms with E-state index in [4.69, 9.17) is 15.2 Å². The molecule has 1 aromatic heterocycles. The lowest BCUT2D eigenvalue weighted by molar-refractivity contribution is -0.142. The zero-order chi connectivity index (χ0) is 17.2. The van der Waals surface area contributed by atoms with Gasteiger partial charge in [0.15, 0.2) is 0 Å². The van der Waals surface area contributed by atoms with Crippen molar-refractivity contribution in [3.63, 3.8) is 0 Å². The van der Waals surface area contributed by atoms with Crippen LogP contribution in [0.4, 0.5) is 10.5 Å². The number of ether oxygens (including phenoxy) is 2. The Labute approximate surface area is 135 Å². The van der Waals surface area contributed by atoms with Gasteiger partial charge in [-0.2, -0.15) is 0 Å². The number of nitrogens with zero attached hydrogens (tertiary/aromatic N) is 1. The second kappa shape index (κ2) is 6.32. The minimum atomic E-state index is -0.608. The van der Waals surface area contributed by atoms with Gasteiger partial charge in [0, 0.05) is 17.3 Å². The Balaban J connectivity index is 2.46. The van der Waals surface area contributed by atoms with E-state index in [-0.39, 0.29) is 12.4 Å². The predicted octanol–water partition coefficient (Wildman–Crippen LogP) is 3.11. The molecule has 0 saturated heterocycles. The van der Waals surface area contributed by atoms with E-state index in [9.17, 15) is 9.59 Å². The van der Waals surface area contributed by atoms with E-state index in [0.717, 1.165) is 5.39 Å². The average molecular weight is 318 g/mol. The van der Waals surface area contributed by atoms with Crippen molar-refractivity contribution in [3.8, 4) is 0 Å². The summed E-state index contributed by atoms with van der Waals surface area (Å²) in [5.41, 5.74) is 7.10. The van der Waals surface area contributed by atoms with E-state index in [1.807, 2.05) is 0 Å². The molecular formula is C17H22N2O4. The lowest BCUT2D eigenvalue weighted by Crippen LogP contribution is -2.26. The van der Waals surface area contributed by atoms with Crippen molar-refractivity contribution in [1.29, 1.82) is 0 Å². The van der Waals surface area contributed by atoms with Crippen LogP contribution in [0.15, 0.2) is 24.4 Å². The van der Waals surface area contributed by atoms with E-state index in [2.05, 4.69) is 0 Å². The maximum atomic E-state index is 12.4. The molecule has 2 N–H and O–H groups in total. The van der Waals surface area contributed by atoms with Gasteiger partial charge in [0.05, 0.1) is 18.5 Å². The van der Waals surface area contributed by atoms with Crippen LogP contribution in [0.3, 0.4) is 0 Å². The van der Waals surface area contributed by atoms with Gasteiger partial charge in [-0.1, -0.05) is 0 Å². The number of esters is 1. The van der Waals surface area contributed by atoms with Crippen molar-refractivity contribution in [1.82, 2.24) is 4.57 Å². The Kier molecular flexibility index (Phi) is 4.63. The molecule has 0 aliphatic carbocycles. The lowest BCUT2D eigenvalue weighted by Gasteiger charge is -2.19. The Morgan fingerprint density at radius 3 is 2.57 bits per heavy atom. The molecule has 0 fully saturated rings. The van der Waals surface area contributed by atoms with Crippen molar-refractivity contribution in [2.24, 2.45) is 0 Å². The molecule has 0 spiro atoms. The third-order valence-electron chi connectivity index (χ3n) is 3.14. The van der Waals surface area contributed by atoms with Crippen molar-refractivity contribution < 1.29 is 19.1 Å². The van der Waals surface area contributed by atoms with Gasteiger partial charge in [0.1, 0.15) is 5.60 Å². The van der Waals surface area contributed by atoms with Gasteiger partial charge in [-0.25, -0.2) is 4.79 Å². The van der Waals surface area contributed by atoms with Crippen molar-refractivity contribution in [2.45, 2.75) is 39.7 Å². The minimum Gasteiger partial charge on any atom is -0.466 e. The highest BCUT2D eigenvalue weighted by molar-refractivity contribution is 5.95. The van der Waals surface area contributed by atoms with Crippen LogP contribution in [0.25, 0.3) is 10.9 Å². The first-order chi connectivity index (χ1) is 10.7. The number of hydrogen-bond acceptors (Lipinski definition) is 5. The molecule has 0 amide bonds. The van der Waals surface area contributed by atoms with Gasteiger partial charge in [-0.15, -0.1) is 0 Å². The molecule has 2 rings (SSSR count). The fourth-order valence-electron chi connectivity index (χ4n) is 2.29. The molecule has 2 aromatic rings. The van der Waals surface area contributed by atoms with E-state index >= 15 is 0 Å². The molecule has 1 aromatic carbocycles. The molecule has 0 aliphatic heterocycles. The molecule has 1 heterocycles. The van der Waals surface area contributed by atoms with Gasteiger partial charge in [0.25, 0.3) is 0 Å². The van der Waals surface area contributed by atoms with Gasteiger partial charge >= 0.3 is 12.1 Å². The fourth-order valence-corrected chi connectivity index (χ4v) is 2.29. The normalized spacial score (nSPS) is 11.5. The van der Waals surface area contributed by atoms with E-state index in [1.54, 1.807) is 52.1 Å². The summed E-state index contributed by atoms with van der Waals surface area (Å²) in [7, 11) is 0. The highest BCUT2D eigenvalue weighted by Gasteiger charge is 2.21. The Morgan fingerprint density at radius 2 is 1.96 bits per heavy atom. The van der Waals surface area contributed by atoms with Gasteiger partial charge in [-0.3, -0.25) is 9.36 Å². The average Bonchev–Trinajstić information content (AvgIpc) is 2.75. The van der Waals surface area contributed by atoms with E-state index < -0.39 is 11.7 Å². The number of carbonyl (C=O) groups excluding carboxylic acids is 2. The largest absolute Gasteiger partial charge is 0.466 e. The number of carbonyl (C=O) groups is 2. The molecule has 0 aliphatic rings. The maximum absolute atomic E-state index is 12.4. The number of benzene rings is 1. The zero-order valence-electron chi connectivity index (χ0n) is 13.9. The summed E-state index contributed by atoms with van der Waals surface area (Å²) < 4.78 is 11.8. The standard InChI is InChI=1S/C17H22N2O4/c1-5-22-15(20)8-11-10-19(16(21)23-17(2,3)4)14-7-6-12(18)9-13(11)14/h6-7,9-10H,5,8,18H2,1-4H3. The third kappa shape index (κ3) is 4.03. The highest BCUT2D eigenvalue weighted by Crippen LogP contribution is 2.25. The second-order valence-electron chi connectivity index (χ2n) is 6.26. The van der Waals surface area contributed by atoms with Crippen LogP contribution >= 0.6 is 0 Å². The van der Waals surface area contributed by atoms with Crippen LogP contribution < -0.4 is 5.73 Å². The maximum Gasteiger partial charge on any atom is 0.419 e. The first kappa shape index (κ1) is 16.9. The SMILES string of the molecule is CCOC(=O)Cc1cn(C(=O)OC(C)(C)C)c2ccc(N)cc12. The molecule has 0 bridgehead atoms. The molecular weight excluding hydrogens is 296 g/mol. The molecule has 0 unspecified atom stereocenters. The summed E-state index contributed by atoms with van der Waals surface area (Å²) in [6, 6.07) is 5.19. The molecule has 124 valence electrons. The number of fused-ring (bicyclic) bond motifs is 1. The number of nitrogen functional groups attached to an aromatic ring is 1. The van der Waals surface area contributed by atoms with Crippen LogP contribution in [0, 0.1) is 0 Å². The van der Waals surface area contributed by atoms with Crippen LogP contribution in [0.1, 0.15) is 33.3 Å². The Bertz CT molecular complexity index is 741. The first-order valence-electron chi connectivity index (χ1n) is 7.49. The van der Waals surface area contributed by atoms with Crippen molar-refractivity contribution in [2.75, 3.05) is 12.3 Å². The van der Waals surface area contributed by atoms with Crippen molar-refractivity contribution in [3.05, 3.63) is 30.0 Å². The number of anilines is 1. The smallest absolute Gasteiger partial charge is 0.419 e. The second-order valence-corrected chi connectivity index (χ2v) is 6.26. The van der Waals surface area contributed by atoms with Crippen LogP contribution in [-0.2, 0) is 20.7 Å². The van der Waals surface area contributed by atoms with Crippen molar-refractivity contribution >= 4 is 28.7 Å². The molecule has 6 heteroatoms. The van der Waals surface area contributed by atoms with Gasteiger partial charge in [-0.05, 0) is 51.5 Å². The molecule has 23 heavy (non-hydrogen) atoms. The summed E-state index contributed by atoms with van der Waals surface area (Å²) >= 11 is 0. The predicted molar refractivity (Wildman–Crippen MR) is 88.3 cm³/mol. The molecule has 0 atom stereocenters. The Morgan fingerprint density at radius 1 is 1.26 bits per heavy atom.